The predicted octanol–water partition coefficient (Wildman–Crippen LogP) is 4.76. The third-order valence-electron chi connectivity index (χ3n) is 3.78. The molecule has 7 nitrogen and oxygen atoms in total. The van der Waals surface area contributed by atoms with Crippen LogP contribution in [-0.2, 0) is 6.61 Å². The second kappa shape index (κ2) is 9.65. The standard InChI is InChI=1S/C19H15Cl3N4O3/c1-28-17-6-11(8-23-25-15-9-24-26-19(27)18(15)22)2-5-16(17)29-10-12-3-4-13(20)7-14(12)21/h2-9H,10H2,1H3,(H2,25,26,27)/b23-8+. The van der Waals surface area contributed by atoms with Gasteiger partial charge in [-0.3, -0.25) is 10.2 Å². The first-order valence-electron chi connectivity index (χ1n) is 8.25. The molecule has 0 bridgehead atoms. The monoisotopic (exact) mass is 452 g/mol. The van der Waals surface area contributed by atoms with Gasteiger partial charge in [0.2, 0.25) is 0 Å². The van der Waals surface area contributed by atoms with Gasteiger partial charge in [0.15, 0.2) is 11.5 Å². The quantitative estimate of drug-likeness (QED) is 0.397. The first kappa shape index (κ1) is 21.0. The van der Waals surface area contributed by atoms with Crippen molar-refractivity contribution in [2.75, 3.05) is 12.5 Å². The Balaban J connectivity index is 1.69. The molecule has 150 valence electrons. The molecule has 0 radical (unpaired) electrons. The lowest BCUT2D eigenvalue weighted by Gasteiger charge is -2.12. The van der Waals surface area contributed by atoms with E-state index in [0.29, 0.717) is 27.2 Å². The summed E-state index contributed by atoms with van der Waals surface area (Å²) in [6.45, 7) is 0.259. The van der Waals surface area contributed by atoms with Gasteiger partial charge in [0, 0.05) is 15.6 Å². The van der Waals surface area contributed by atoms with Crippen molar-refractivity contribution in [3.8, 4) is 11.5 Å². The normalized spacial score (nSPS) is 10.9. The van der Waals surface area contributed by atoms with E-state index in [1.54, 1.807) is 49.7 Å². The zero-order valence-corrected chi connectivity index (χ0v) is 17.3. The van der Waals surface area contributed by atoms with E-state index in [1.165, 1.54) is 6.20 Å². The minimum absolute atomic E-state index is 0.0284. The average molecular weight is 454 g/mol. The fraction of sp³-hybridized carbons (Fsp3) is 0.105. The second-order valence-electron chi connectivity index (χ2n) is 5.73. The summed E-state index contributed by atoms with van der Waals surface area (Å²) in [4.78, 5) is 11.4. The number of methoxy groups -OCH3 is 1. The summed E-state index contributed by atoms with van der Waals surface area (Å²) in [6.07, 6.45) is 2.90. The maximum Gasteiger partial charge on any atom is 0.285 e. The Morgan fingerprint density at radius 1 is 1.17 bits per heavy atom. The van der Waals surface area contributed by atoms with Gasteiger partial charge in [-0.2, -0.15) is 10.2 Å². The number of aromatic amines is 1. The number of nitrogens with zero attached hydrogens (tertiary/aromatic N) is 2. The SMILES string of the molecule is COc1cc(/C=N/Nc2cn[nH]c(=O)c2Cl)ccc1OCc1ccc(Cl)cc1Cl. The number of H-pyrrole nitrogens is 1. The predicted molar refractivity (Wildman–Crippen MR) is 115 cm³/mol. The number of nitrogens with one attached hydrogen (secondary N) is 2. The van der Waals surface area contributed by atoms with Crippen molar-refractivity contribution in [2.24, 2.45) is 5.10 Å². The first-order valence-corrected chi connectivity index (χ1v) is 9.38. The minimum Gasteiger partial charge on any atom is -0.493 e. The van der Waals surface area contributed by atoms with Crippen molar-refractivity contribution in [1.82, 2.24) is 10.2 Å². The van der Waals surface area contributed by atoms with Crippen LogP contribution in [0.25, 0.3) is 0 Å². The molecule has 1 aromatic heterocycles. The third kappa shape index (κ3) is 5.41. The Kier molecular flexibility index (Phi) is 6.98. The van der Waals surface area contributed by atoms with Gasteiger partial charge in [-0.05, 0) is 35.9 Å². The van der Waals surface area contributed by atoms with Gasteiger partial charge in [-0.15, -0.1) is 0 Å². The summed E-state index contributed by atoms with van der Waals surface area (Å²) in [6, 6.07) is 10.5. The number of aromatic nitrogens is 2. The molecule has 29 heavy (non-hydrogen) atoms. The van der Waals surface area contributed by atoms with Gasteiger partial charge in [0.25, 0.3) is 5.56 Å². The smallest absolute Gasteiger partial charge is 0.285 e. The van der Waals surface area contributed by atoms with E-state index >= 15 is 0 Å². The molecule has 1 heterocycles. The molecule has 0 spiro atoms. The number of ether oxygens (including phenoxy) is 2. The highest BCUT2D eigenvalue weighted by atomic mass is 35.5. The van der Waals surface area contributed by atoms with Crippen LogP contribution in [0.4, 0.5) is 5.69 Å². The van der Waals surface area contributed by atoms with Crippen molar-refractivity contribution >= 4 is 46.7 Å². The van der Waals surface area contributed by atoms with E-state index in [-0.39, 0.29) is 11.6 Å². The highest BCUT2D eigenvalue weighted by molar-refractivity contribution is 6.35. The summed E-state index contributed by atoms with van der Waals surface area (Å²) in [5.41, 5.74) is 3.99. The Morgan fingerprint density at radius 2 is 2.00 bits per heavy atom. The molecule has 0 aliphatic rings. The van der Waals surface area contributed by atoms with E-state index in [4.69, 9.17) is 44.3 Å². The number of hydrogen-bond acceptors (Lipinski definition) is 6. The van der Waals surface area contributed by atoms with Gasteiger partial charge in [-0.25, -0.2) is 5.10 Å². The number of hydrazone groups is 1. The van der Waals surface area contributed by atoms with E-state index < -0.39 is 5.56 Å². The van der Waals surface area contributed by atoms with E-state index in [2.05, 4.69) is 20.7 Å². The van der Waals surface area contributed by atoms with Crippen molar-refractivity contribution in [3.63, 3.8) is 0 Å². The van der Waals surface area contributed by atoms with E-state index in [0.717, 1.165) is 11.1 Å². The molecule has 0 amide bonds. The zero-order valence-electron chi connectivity index (χ0n) is 15.1. The lowest BCUT2D eigenvalue weighted by Crippen LogP contribution is -2.10. The van der Waals surface area contributed by atoms with Crippen molar-refractivity contribution in [3.05, 3.63) is 79.1 Å². The van der Waals surface area contributed by atoms with Gasteiger partial charge in [0.1, 0.15) is 17.3 Å². The lowest BCUT2D eigenvalue weighted by molar-refractivity contribution is 0.284. The molecule has 0 aliphatic heterocycles. The molecule has 2 N–H and O–H groups in total. The van der Waals surface area contributed by atoms with Crippen LogP contribution < -0.4 is 20.5 Å². The molecule has 0 unspecified atom stereocenters. The van der Waals surface area contributed by atoms with Gasteiger partial charge >= 0.3 is 0 Å². The summed E-state index contributed by atoms with van der Waals surface area (Å²) >= 11 is 17.9. The van der Waals surface area contributed by atoms with Crippen LogP contribution in [0.5, 0.6) is 11.5 Å². The molecule has 3 aromatic rings. The fourth-order valence-electron chi connectivity index (χ4n) is 2.32. The van der Waals surface area contributed by atoms with Crippen LogP contribution >= 0.6 is 34.8 Å². The Hall–Kier alpha value is -2.74. The number of benzene rings is 2. The average Bonchev–Trinajstić information content (AvgIpc) is 2.71. The molecule has 10 heteroatoms. The highest BCUT2D eigenvalue weighted by Crippen LogP contribution is 2.30. The Bertz CT molecular complexity index is 1100. The van der Waals surface area contributed by atoms with E-state index in [1.807, 2.05) is 0 Å². The lowest BCUT2D eigenvalue weighted by atomic mass is 10.2. The Morgan fingerprint density at radius 3 is 2.76 bits per heavy atom. The largest absolute Gasteiger partial charge is 0.493 e. The van der Waals surface area contributed by atoms with Crippen LogP contribution in [-0.4, -0.2) is 23.5 Å². The van der Waals surface area contributed by atoms with Crippen molar-refractivity contribution in [2.45, 2.75) is 6.61 Å². The molecule has 0 saturated carbocycles. The first-order chi connectivity index (χ1) is 14.0. The topological polar surface area (TPSA) is 88.6 Å². The number of halogens is 3. The summed E-state index contributed by atoms with van der Waals surface area (Å²) < 4.78 is 11.2. The third-order valence-corrected chi connectivity index (χ3v) is 4.74. The van der Waals surface area contributed by atoms with Crippen LogP contribution in [0, 0.1) is 0 Å². The highest BCUT2D eigenvalue weighted by Gasteiger charge is 2.08. The van der Waals surface area contributed by atoms with Crippen molar-refractivity contribution < 1.29 is 9.47 Å². The van der Waals surface area contributed by atoms with Gasteiger partial charge in [-0.1, -0.05) is 40.9 Å². The molecule has 3 rings (SSSR count). The summed E-state index contributed by atoms with van der Waals surface area (Å²) in [5, 5.41) is 11.0. The molecular weight excluding hydrogens is 439 g/mol. The molecule has 0 saturated heterocycles. The molecule has 0 aliphatic carbocycles. The van der Waals surface area contributed by atoms with E-state index in [9.17, 15) is 4.79 Å². The van der Waals surface area contributed by atoms with Crippen LogP contribution in [0.2, 0.25) is 15.1 Å². The maximum absolute atomic E-state index is 11.4. The summed E-state index contributed by atoms with van der Waals surface area (Å²) in [7, 11) is 1.54. The van der Waals surface area contributed by atoms with Gasteiger partial charge < -0.3 is 9.47 Å². The molecule has 0 atom stereocenters. The summed E-state index contributed by atoms with van der Waals surface area (Å²) in [5.74, 6) is 1.07. The van der Waals surface area contributed by atoms with Crippen molar-refractivity contribution in [1.29, 1.82) is 0 Å². The second-order valence-corrected chi connectivity index (χ2v) is 6.95. The number of hydrogen-bond donors (Lipinski definition) is 2. The molecular formula is C19H15Cl3N4O3. The minimum atomic E-state index is -0.504. The van der Waals surface area contributed by atoms with Crippen LogP contribution in [0.3, 0.4) is 0 Å². The number of rotatable bonds is 7. The fourth-order valence-corrected chi connectivity index (χ4v) is 2.91. The van der Waals surface area contributed by atoms with Crippen LogP contribution in [0.15, 0.2) is 52.5 Å². The van der Waals surface area contributed by atoms with Crippen LogP contribution in [0.1, 0.15) is 11.1 Å². The molecule has 2 aromatic carbocycles. The zero-order chi connectivity index (χ0) is 20.8. The maximum atomic E-state index is 11.4. The number of anilines is 1. The Labute approximate surface area is 181 Å². The van der Waals surface area contributed by atoms with Gasteiger partial charge in [0.05, 0.1) is 19.5 Å². The molecule has 0 fully saturated rings.